The van der Waals surface area contributed by atoms with Crippen molar-refractivity contribution in [2.24, 2.45) is 0 Å². The first-order chi connectivity index (χ1) is 15.3. The van der Waals surface area contributed by atoms with Crippen LogP contribution in [0.3, 0.4) is 0 Å². The van der Waals surface area contributed by atoms with Gasteiger partial charge in [0.2, 0.25) is 10.0 Å². The van der Waals surface area contributed by atoms with Gasteiger partial charge in [0.15, 0.2) is 12.4 Å². The summed E-state index contributed by atoms with van der Waals surface area (Å²) in [6.45, 7) is 1.54. The third kappa shape index (κ3) is 5.11. The molecule has 2 aromatic rings. The van der Waals surface area contributed by atoms with Crippen LogP contribution in [0.4, 0.5) is 5.69 Å². The molecule has 32 heavy (non-hydrogen) atoms. The van der Waals surface area contributed by atoms with Crippen molar-refractivity contribution in [1.29, 1.82) is 0 Å². The lowest BCUT2D eigenvalue weighted by molar-refractivity contribution is -0.136. The number of carbonyl (C=O) groups is 2. The lowest BCUT2D eigenvalue weighted by atomic mass is 10.1. The highest BCUT2D eigenvalue weighted by atomic mass is 32.2. The second-order valence-corrected chi connectivity index (χ2v) is 9.22. The van der Waals surface area contributed by atoms with Gasteiger partial charge in [-0.2, -0.15) is 0 Å². The van der Waals surface area contributed by atoms with Crippen LogP contribution in [0.1, 0.15) is 28.4 Å². The highest BCUT2D eigenvalue weighted by Gasteiger charge is 2.28. The molecule has 1 aliphatic heterocycles. The number of benzene rings is 2. The number of hydrogen-bond acceptors (Lipinski definition) is 7. The van der Waals surface area contributed by atoms with E-state index in [1.54, 1.807) is 50.4 Å². The number of fused-ring (bicyclic) bond motifs is 1. The Morgan fingerprint density at radius 1 is 1.09 bits per heavy atom. The maximum Gasteiger partial charge on any atom is 0.331 e. The smallest absolute Gasteiger partial charge is 0.331 e. The van der Waals surface area contributed by atoms with E-state index >= 15 is 0 Å². The molecule has 170 valence electrons. The van der Waals surface area contributed by atoms with E-state index in [-0.39, 0.29) is 11.5 Å². The fourth-order valence-corrected chi connectivity index (χ4v) is 4.53. The zero-order chi connectivity index (χ0) is 23.3. The maximum absolute atomic E-state index is 12.5. The van der Waals surface area contributed by atoms with Crippen molar-refractivity contribution in [3.05, 3.63) is 59.2 Å². The van der Waals surface area contributed by atoms with Gasteiger partial charge in [0.1, 0.15) is 11.5 Å². The molecular weight excluding hydrogens is 434 g/mol. The molecular formula is C23H25NO7S. The highest BCUT2D eigenvalue weighted by molar-refractivity contribution is 7.92. The second kappa shape index (κ2) is 9.86. The Labute approximate surface area is 187 Å². The molecule has 2 aromatic carbocycles. The maximum atomic E-state index is 12.5. The summed E-state index contributed by atoms with van der Waals surface area (Å²) in [6, 6.07) is 10.00. The lowest BCUT2D eigenvalue weighted by Crippen LogP contribution is -2.30. The SMILES string of the molecule is CCS(=O)(=O)N1CCc2cc(C(=O)COC(=O)/C=C/c3ccc(OC)cc3OC)ccc21. The number of methoxy groups -OCH3 is 2. The number of Topliss-reactive ketones (excluding diaryl/α,β-unsaturated/α-hetero) is 1. The molecule has 3 rings (SSSR count). The number of esters is 1. The number of ketones is 1. The lowest BCUT2D eigenvalue weighted by Gasteiger charge is -2.18. The molecule has 0 saturated carbocycles. The summed E-state index contributed by atoms with van der Waals surface area (Å²) in [4.78, 5) is 24.5. The number of hydrogen-bond donors (Lipinski definition) is 0. The van der Waals surface area contributed by atoms with E-state index in [0.29, 0.717) is 41.3 Å². The molecule has 1 aliphatic rings. The number of carbonyl (C=O) groups excluding carboxylic acids is 2. The van der Waals surface area contributed by atoms with Gasteiger partial charge in [-0.3, -0.25) is 9.10 Å². The summed E-state index contributed by atoms with van der Waals surface area (Å²) in [6.07, 6.45) is 3.28. The minimum absolute atomic E-state index is 0.0129. The standard InChI is InChI=1S/C23H25NO7S/c1-4-32(27,28)24-12-11-17-13-18(6-9-20(17)24)21(25)15-31-23(26)10-7-16-5-8-19(29-2)14-22(16)30-3/h5-10,13-14H,4,11-12,15H2,1-3H3/b10-7+. The van der Waals surface area contributed by atoms with E-state index in [9.17, 15) is 18.0 Å². The van der Waals surface area contributed by atoms with Gasteiger partial charge in [-0.1, -0.05) is 0 Å². The van der Waals surface area contributed by atoms with Crippen molar-refractivity contribution >= 4 is 33.5 Å². The quantitative estimate of drug-likeness (QED) is 0.323. The third-order valence-electron chi connectivity index (χ3n) is 5.14. The van der Waals surface area contributed by atoms with Crippen molar-refractivity contribution in [2.45, 2.75) is 13.3 Å². The minimum atomic E-state index is -3.35. The van der Waals surface area contributed by atoms with Crippen LogP contribution < -0.4 is 13.8 Å². The predicted molar refractivity (Wildman–Crippen MR) is 121 cm³/mol. The number of nitrogens with zero attached hydrogens (tertiary/aromatic N) is 1. The van der Waals surface area contributed by atoms with Crippen LogP contribution in [0.5, 0.6) is 11.5 Å². The van der Waals surface area contributed by atoms with E-state index < -0.39 is 22.6 Å². The van der Waals surface area contributed by atoms with Crippen LogP contribution in [0, 0.1) is 0 Å². The summed E-state index contributed by atoms with van der Waals surface area (Å²) >= 11 is 0. The van der Waals surface area contributed by atoms with Crippen LogP contribution in [0.15, 0.2) is 42.5 Å². The number of ether oxygens (including phenoxy) is 3. The fraction of sp³-hybridized carbons (Fsp3) is 0.304. The largest absolute Gasteiger partial charge is 0.497 e. The van der Waals surface area contributed by atoms with E-state index in [4.69, 9.17) is 14.2 Å². The Balaban J connectivity index is 1.62. The minimum Gasteiger partial charge on any atom is -0.497 e. The Kier molecular flexibility index (Phi) is 7.19. The number of rotatable bonds is 9. The van der Waals surface area contributed by atoms with Crippen molar-refractivity contribution in [3.8, 4) is 11.5 Å². The predicted octanol–water partition coefficient (Wildman–Crippen LogP) is 2.86. The first kappa shape index (κ1) is 23.3. The van der Waals surface area contributed by atoms with Gasteiger partial charge < -0.3 is 14.2 Å². The van der Waals surface area contributed by atoms with Crippen LogP contribution in [0.25, 0.3) is 6.08 Å². The van der Waals surface area contributed by atoms with E-state index in [1.807, 2.05) is 0 Å². The van der Waals surface area contributed by atoms with Gasteiger partial charge in [-0.15, -0.1) is 0 Å². The normalized spacial score (nSPS) is 13.2. The summed E-state index contributed by atoms with van der Waals surface area (Å²) in [7, 11) is -0.294. The monoisotopic (exact) mass is 459 g/mol. The summed E-state index contributed by atoms with van der Waals surface area (Å²) in [5.74, 6) is 0.128. The summed E-state index contributed by atoms with van der Waals surface area (Å²) in [5.41, 5.74) is 2.40. The number of anilines is 1. The van der Waals surface area contributed by atoms with Crippen molar-refractivity contribution in [2.75, 3.05) is 37.4 Å². The molecule has 8 nitrogen and oxygen atoms in total. The topological polar surface area (TPSA) is 99.2 Å². The molecule has 0 spiro atoms. The zero-order valence-electron chi connectivity index (χ0n) is 18.2. The van der Waals surface area contributed by atoms with Gasteiger partial charge in [-0.25, -0.2) is 13.2 Å². The van der Waals surface area contributed by atoms with Gasteiger partial charge in [0, 0.05) is 29.8 Å². The first-order valence-corrected chi connectivity index (χ1v) is 11.6. The second-order valence-electron chi connectivity index (χ2n) is 7.04. The van der Waals surface area contributed by atoms with E-state index in [1.165, 1.54) is 23.6 Å². The molecule has 0 unspecified atom stereocenters. The Morgan fingerprint density at radius 3 is 2.56 bits per heavy atom. The van der Waals surface area contributed by atoms with Gasteiger partial charge in [0.05, 0.1) is 25.7 Å². The van der Waals surface area contributed by atoms with Crippen molar-refractivity contribution < 1.29 is 32.2 Å². The average molecular weight is 460 g/mol. The Morgan fingerprint density at radius 2 is 1.88 bits per heavy atom. The van der Waals surface area contributed by atoms with Crippen molar-refractivity contribution in [1.82, 2.24) is 0 Å². The van der Waals surface area contributed by atoms with Gasteiger partial charge in [0.25, 0.3) is 0 Å². The van der Waals surface area contributed by atoms with Gasteiger partial charge in [-0.05, 0) is 55.3 Å². The summed E-state index contributed by atoms with van der Waals surface area (Å²) < 4.78 is 41.2. The third-order valence-corrected chi connectivity index (χ3v) is 6.92. The average Bonchev–Trinajstić information content (AvgIpc) is 3.25. The van der Waals surface area contributed by atoms with E-state index in [0.717, 1.165) is 5.56 Å². The molecule has 0 radical (unpaired) electrons. The Bertz CT molecular complexity index is 1150. The van der Waals surface area contributed by atoms with Crippen LogP contribution in [-0.4, -0.2) is 53.3 Å². The number of sulfonamides is 1. The van der Waals surface area contributed by atoms with Crippen LogP contribution in [-0.2, 0) is 26.0 Å². The van der Waals surface area contributed by atoms with Gasteiger partial charge >= 0.3 is 5.97 Å². The Hall–Kier alpha value is -3.33. The fourth-order valence-electron chi connectivity index (χ4n) is 3.37. The molecule has 0 amide bonds. The molecule has 0 N–H and O–H groups in total. The van der Waals surface area contributed by atoms with Crippen molar-refractivity contribution in [3.63, 3.8) is 0 Å². The molecule has 0 bridgehead atoms. The molecule has 0 atom stereocenters. The highest BCUT2D eigenvalue weighted by Crippen LogP contribution is 2.31. The molecule has 0 aromatic heterocycles. The van der Waals surface area contributed by atoms with Crippen LogP contribution >= 0.6 is 0 Å². The zero-order valence-corrected chi connectivity index (χ0v) is 19.0. The molecule has 9 heteroatoms. The summed E-state index contributed by atoms with van der Waals surface area (Å²) in [5, 5.41) is 0. The van der Waals surface area contributed by atoms with E-state index in [2.05, 4.69) is 0 Å². The van der Waals surface area contributed by atoms with Crippen LogP contribution in [0.2, 0.25) is 0 Å². The molecule has 0 saturated heterocycles. The molecule has 0 fully saturated rings. The molecule has 1 heterocycles. The molecule has 0 aliphatic carbocycles. The first-order valence-electron chi connectivity index (χ1n) is 10.0.